The minimum Gasteiger partial charge on any atom is -0.377 e. The van der Waals surface area contributed by atoms with Crippen molar-refractivity contribution in [3.05, 3.63) is 46.8 Å². The number of nitrogens with zero attached hydrogens (tertiary/aromatic N) is 2. The summed E-state index contributed by atoms with van der Waals surface area (Å²) in [5.74, 6) is 0. The van der Waals surface area contributed by atoms with E-state index in [1.54, 1.807) is 0 Å². The Balaban J connectivity index is 2.10. The molecule has 1 rings (SSSR count). The van der Waals surface area contributed by atoms with Crippen LogP contribution in [0.4, 0.5) is 0 Å². The third-order valence-corrected chi connectivity index (χ3v) is 6.76. The van der Waals surface area contributed by atoms with Gasteiger partial charge in [-0.25, -0.2) is 11.2 Å². The van der Waals surface area contributed by atoms with E-state index in [-0.39, 0.29) is 0 Å². The molecule has 33 heavy (non-hydrogen) atoms. The lowest BCUT2D eigenvalue weighted by Gasteiger charge is -2.35. The van der Waals surface area contributed by atoms with Gasteiger partial charge in [0.15, 0.2) is 0 Å². The van der Waals surface area contributed by atoms with E-state index in [0.717, 1.165) is 6.42 Å². The standard InChI is InChI=1S/C25H43N2O5P/c1-7-8-24-9-11-25(12-10-24)21-30-18-17-28-15-16-29-19-20-32-33(31-14-13-26-6)27(22(2)3)23(4)5/h9-12,22-23H,7-8,13-21H2,1-5H3. The van der Waals surface area contributed by atoms with E-state index in [9.17, 15) is 0 Å². The summed E-state index contributed by atoms with van der Waals surface area (Å²) in [5.41, 5.74) is 2.56. The first kappa shape index (κ1) is 29.9. The fourth-order valence-corrected chi connectivity index (χ4v) is 4.77. The maximum absolute atomic E-state index is 6.93. The minimum atomic E-state index is -1.21. The Kier molecular flexibility index (Phi) is 17.4. The SMILES string of the molecule is [C-]#[N+]CCOP(OCCOCCOCCOCc1ccc(CCC)cc1)N(C(C)C)C(C)C. The normalized spacial score (nSPS) is 12.6. The van der Waals surface area contributed by atoms with E-state index in [1.807, 2.05) is 0 Å². The molecule has 0 saturated heterocycles. The Morgan fingerprint density at radius 1 is 0.788 bits per heavy atom. The van der Waals surface area contributed by atoms with Gasteiger partial charge in [0, 0.05) is 12.1 Å². The Morgan fingerprint density at radius 2 is 1.30 bits per heavy atom. The Bertz CT molecular complexity index is 629. The quantitative estimate of drug-likeness (QED) is 0.139. The second kappa shape index (κ2) is 19.2. The predicted octanol–water partition coefficient (Wildman–Crippen LogP) is 5.49. The molecule has 0 fully saturated rings. The Hall–Kier alpha value is -1.10. The molecular weight excluding hydrogens is 439 g/mol. The molecule has 1 aromatic carbocycles. The predicted molar refractivity (Wildman–Crippen MR) is 134 cm³/mol. The molecule has 1 unspecified atom stereocenters. The molecule has 1 aromatic rings. The van der Waals surface area contributed by atoms with E-state index in [4.69, 9.17) is 29.8 Å². The van der Waals surface area contributed by atoms with Crippen LogP contribution in [-0.2, 0) is 36.3 Å². The van der Waals surface area contributed by atoms with Crippen LogP contribution in [0.1, 0.15) is 52.2 Å². The van der Waals surface area contributed by atoms with E-state index in [1.165, 1.54) is 17.5 Å². The molecule has 0 radical (unpaired) electrons. The van der Waals surface area contributed by atoms with E-state index in [2.05, 4.69) is 68.4 Å². The molecule has 0 saturated carbocycles. The molecule has 0 amide bonds. The first-order valence-electron chi connectivity index (χ1n) is 12.0. The molecular formula is C25H43N2O5P. The molecule has 0 aliphatic rings. The van der Waals surface area contributed by atoms with Gasteiger partial charge in [-0.05, 0) is 45.2 Å². The average Bonchev–Trinajstić information content (AvgIpc) is 2.78. The molecule has 0 aromatic heterocycles. The number of ether oxygens (including phenoxy) is 3. The topological polar surface area (TPSA) is 53.8 Å². The van der Waals surface area contributed by atoms with E-state index >= 15 is 0 Å². The molecule has 0 aliphatic carbocycles. The summed E-state index contributed by atoms with van der Waals surface area (Å²) in [5, 5.41) is 0. The highest BCUT2D eigenvalue weighted by molar-refractivity contribution is 7.44. The molecule has 0 N–H and O–H groups in total. The van der Waals surface area contributed by atoms with Gasteiger partial charge < -0.3 is 28.1 Å². The van der Waals surface area contributed by atoms with Crippen molar-refractivity contribution in [3.63, 3.8) is 0 Å². The lowest BCUT2D eigenvalue weighted by atomic mass is 10.1. The van der Waals surface area contributed by atoms with Crippen LogP contribution in [0.3, 0.4) is 0 Å². The van der Waals surface area contributed by atoms with Gasteiger partial charge in [0.2, 0.25) is 6.54 Å². The van der Waals surface area contributed by atoms with Crippen LogP contribution < -0.4 is 0 Å². The zero-order chi connectivity index (χ0) is 24.3. The van der Waals surface area contributed by atoms with Gasteiger partial charge in [-0.1, -0.05) is 37.6 Å². The van der Waals surface area contributed by atoms with Crippen LogP contribution in [0.15, 0.2) is 24.3 Å². The van der Waals surface area contributed by atoms with Crippen LogP contribution in [0, 0.1) is 6.57 Å². The highest BCUT2D eigenvalue weighted by atomic mass is 31.2. The van der Waals surface area contributed by atoms with Crippen molar-refractivity contribution in [2.24, 2.45) is 0 Å². The van der Waals surface area contributed by atoms with Gasteiger partial charge in [-0.3, -0.25) is 0 Å². The largest absolute Gasteiger partial charge is 0.377 e. The zero-order valence-electron chi connectivity index (χ0n) is 21.1. The third-order valence-electron chi connectivity index (χ3n) is 4.66. The van der Waals surface area contributed by atoms with Gasteiger partial charge in [0.25, 0.3) is 8.53 Å². The van der Waals surface area contributed by atoms with E-state index in [0.29, 0.717) is 71.5 Å². The van der Waals surface area contributed by atoms with Gasteiger partial charge in [-0.2, -0.15) is 0 Å². The van der Waals surface area contributed by atoms with Crippen LogP contribution in [0.5, 0.6) is 0 Å². The summed E-state index contributed by atoms with van der Waals surface area (Å²) in [6.07, 6.45) is 2.29. The van der Waals surface area contributed by atoms with Crippen LogP contribution in [0.2, 0.25) is 0 Å². The lowest BCUT2D eigenvalue weighted by molar-refractivity contribution is 0.00499. The molecule has 0 spiro atoms. The highest BCUT2D eigenvalue weighted by Gasteiger charge is 2.27. The molecule has 0 aliphatic heterocycles. The Labute approximate surface area is 202 Å². The van der Waals surface area contributed by atoms with Crippen molar-refractivity contribution in [2.75, 3.05) is 52.8 Å². The maximum Gasteiger partial charge on any atom is 0.259 e. The fourth-order valence-electron chi connectivity index (χ4n) is 3.20. The lowest BCUT2D eigenvalue weighted by Crippen LogP contribution is -2.34. The average molecular weight is 483 g/mol. The van der Waals surface area contributed by atoms with Crippen molar-refractivity contribution in [1.29, 1.82) is 0 Å². The van der Waals surface area contributed by atoms with Gasteiger partial charge in [0.05, 0.1) is 46.2 Å². The Morgan fingerprint density at radius 3 is 1.85 bits per heavy atom. The summed E-state index contributed by atoms with van der Waals surface area (Å²) in [7, 11) is -1.21. The number of rotatable bonds is 20. The maximum atomic E-state index is 6.93. The van der Waals surface area contributed by atoms with Gasteiger partial charge >= 0.3 is 0 Å². The zero-order valence-corrected chi connectivity index (χ0v) is 22.0. The molecule has 0 heterocycles. The minimum absolute atomic E-state index is 0.293. The van der Waals surface area contributed by atoms with Crippen molar-refractivity contribution in [3.8, 4) is 0 Å². The summed E-state index contributed by atoms with van der Waals surface area (Å²) in [4.78, 5) is 3.35. The van der Waals surface area contributed by atoms with Crippen molar-refractivity contribution in [2.45, 2.75) is 66.2 Å². The third kappa shape index (κ3) is 14.0. The molecule has 188 valence electrons. The summed E-state index contributed by atoms with van der Waals surface area (Å²) in [6, 6.07) is 9.19. The summed E-state index contributed by atoms with van der Waals surface area (Å²) in [6.45, 7) is 22.0. The monoisotopic (exact) mass is 482 g/mol. The van der Waals surface area contributed by atoms with Crippen LogP contribution in [0.25, 0.3) is 4.85 Å². The van der Waals surface area contributed by atoms with Crippen molar-refractivity contribution in [1.82, 2.24) is 4.67 Å². The number of aryl methyl sites for hydroxylation is 1. The van der Waals surface area contributed by atoms with Crippen LogP contribution >= 0.6 is 8.53 Å². The summed E-state index contributed by atoms with van der Waals surface area (Å²) < 4.78 is 30.9. The van der Waals surface area contributed by atoms with Crippen LogP contribution in [-0.4, -0.2) is 69.5 Å². The first-order chi connectivity index (χ1) is 16.0. The summed E-state index contributed by atoms with van der Waals surface area (Å²) >= 11 is 0. The molecule has 8 heteroatoms. The van der Waals surface area contributed by atoms with Gasteiger partial charge in [-0.15, -0.1) is 0 Å². The second-order valence-corrected chi connectivity index (χ2v) is 9.65. The van der Waals surface area contributed by atoms with E-state index < -0.39 is 8.53 Å². The molecule has 1 atom stereocenters. The number of hydrogen-bond acceptors (Lipinski definition) is 6. The highest BCUT2D eigenvalue weighted by Crippen LogP contribution is 2.45. The first-order valence-corrected chi connectivity index (χ1v) is 13.1. The second-order valence-electron chi connectivity index (χ2n) is 8.20. The molecule has 0 bridgehead atoms. The molecule has 7 nitrogen and oxygen atoms in total. The van der Waals surface area contributed by atoms with Crippen molar-refractivity contribution < 1.29 is 23.3 Å². The smallest absolute Gasteiger partial charge is 0.259 e. The van der Waals surface area contributed by atoms with Crippen molar-refractivity contribution >= 4 is 8.53 Å². The fraction of sp³-hybridized carbons (Fsp3) is 0.720. The van der Waals surface area contributed by atoms with Gasteiger partial charge in [0.1, 0.15) is 6.61 Å². The number of hydrogen-bond donors (Lipinski definition) is 0. The number of benzene rings is 1.